The van der Waals surface area contributed by atoms with Gasteiger partial charge in [0.15, 0.2) is 0 Å². The van der Waals surface area contributed by atoms with Gasteiger partial charge in [0.1, 0.15) is 5.75 Å². The molecular weight excluding hydrogens is 248 g/mol. The van der Waals surface area contributed by atoms with Gasteiger partial charge in [0, 0.05) is 29.8 Å². The predicted molar refractivity (Wildman–Crippen MR) is 75.2 cm³/mol. The Kier molecular flexibility index (Phi) is 4.01. The largest absolute Gasteiger partial charge is 0.497 e. The van der Waals surface area contributed by atoms with Gasteiger partial charge in [0.25, 0.3) is 5.91 Å². The molecule has 5 heteroatoms. The van der Waals surface area contributed by atoms with Gasteiger partial charge in [-0.25, -0.2) is 0 Å². The first-order valence-electron chi connectivity index (χ1n) is 5.95. The van der Waals surface area contributed by atoms with Crippen molar-refractivity contribution in [2.75, 3.05) is 30.9 Å². The van der Waals surface area contributed by atoms with Gasteiger partial charge in [-0.05, 0) is 25.1 Å². The van der Waals surface area contributed by atoms with Gasteiger partial charge in [0.05, 0.1) is 12.7 Å². The lowest BCUT2D eigenvalue weighted by atomic mass is 10.1. The van der Waals surface area contributed by atoms with E-state index in [0.717, 1.165) is 18.1 Å². The number of hydrogen-bond acceptors (Lipinski definition) is 4. The number of anilines is 1. The number of nitrogens with zero attached hydrogens (tertiary/aromatic N) is 1. The third-order valence-electron chi connectivity index (χ3n) is 3.12. The quantitative estimate of drug-likeness (QED) is 0.830. The average Bonchev–Trinajstić information content (AvgIpc) is 2.39. The van der Waals surface area contributed by atoms with Gasteiger partial charge in [-0.1, -0.05) is 0 Å². The average molecular weight is 266 g/mol. The maximum Gasteiger partial charge on any atom is 0.256 e. The zero-order valence-electron chi connectivity index (χ0n) is 10.7. The Bertz CT molecular complexity index is 451. The van der Waals surface area contributed by atoms with Crippen molar-refractivity contribution in [1.29, 1.82) is 0 Å². The molecule has 4 nitrogen and oxygen atoms in total. The first-order chi connectivity index (χ1) is 8.63. The Labute approximate surface area is 111 Å². The van der Waals surface area contributed by atoms with Crippen LogP contribution < -0.4 is 10.5 Å². The summed E-state index contributed by atoms with van der Waals surface area (Å²) < 4.78 is 5.14. The lowest BCUT2D eigenvalue weighted by molar-refractivity contribution is 0.0716. The van der Waals surface area contributed by atoms with E-state index in [4.69, 9.17) is 10.5 Å². The Balaban J connectivity index is 2.27. The summed E-state index contributed by atoms with van der Waals surface area (Å²) >= 11 is 1.88. The molecule has 0 radical (unpaired) electrons. The van der Waals surface area contributed by atoms with Crippen LogP contribution in [0.3, 0.4) is 0 Å². The maximum absolute atomic E-state index is 12.5. The summed E-state index contributed by atoms with van der Waals surface area (Å²) in [5.74, 6) is 2.63. The monoisotopic (exact) mass is 266 g/mol. The molecule has 1 heterocycles. The standard InChI is InChI=1S/C13H18N2O2S/c1-9-8-18-6-5-15(9)13(16)11-7-10(17-2)3-4-12(11)14/h3-4,7,9H,5-6,8,14H2,1-2H3. The Hall–Kier alpha value is -1.36. The van der Waals surface area contributed by atoms with Gasteiger partial charge in [0.2, 0.25) is 0 Å². The van der Waals surface area contributed by atoms with E-state index < -0.39 is 0 Å². The number of carbonyl (C=O) groups excluding carboxylic acids is 1. The fourth-order valence-electron chi connectivity index (χ4n) is 2.03. The smallest absolute Gasteiger partial charge is 0.256 e. The van der Waals surface area contributed by atoms with Gasteiger partial charge in [-0.2, -0.15) is 11.8 Å². The lowest BCUT2D eigenvalue weighted by Crippen LogP contribution is -2.44. The van der Waals surface area contributed by atoms with E-state index in [1.807, 2.05) is 16.7 Å². The van der Waals surface area contributed by atoms with Crippen LogP contribution in [-0.4, -0.2) is 42.0 Å². The third kappa shape index (κ3) is 2.56. The van der Waals surface area contributed by atoms with Gasteiger partial charge >= 0.3 is 0 Å². The van der Waals surface area contributed by atoms with E-state index in [9.17, 15) is 4.79 Å². The third-order valence-corrected chi connectivity index (χ3v) is 4.31. The summed E-state index contributed by atoms with van der Waals surface area (Å²) in [5, 5.41) is 0. The first-order valence-corrected chi connectivity index (χ1v) is 7.11. The van der Waals surface area contributed by atoms with Crippen molar-refractivity contribution in [2.24, 2.45) is 0 Å². The summed E-state index contributed by atoms with van der Waals surface area (Å²) in [6, 6.07) is 5.45. The number of ether oxygens (including phenoxy) is 1. The molecule has 1 amide bonds. The first kappa shape index (κ1) is 13.1. The molecule has 18 heavy (non-hydrogen) atoms. The zero-order chi connectivity index (χ0) is 13.1. The lowest BCUT2D eigenvalue weighted by Gasteiger charge is -2.33. The van der Waals surface area contributed by atoms with Crippen molar-refractivity contribution in [2.45, 2.75) is 13.0 Å². The van der Waals surface area contributed by atoms with E-state index in [-0.39, 0.29) is 11.9 Å². The molecular formula is C13H18N2O2S. The van der Waals surface area contributed by atoms with E-state index in [0.29, 0.717) is 17.0 Å². The summed E-state index contributed by atoms with van der Waals surface area (Å²) in [5.41, 5.74) is 6.93. The van der Waals surface area contributed by atoms with Crippen LogP contribution in [0.25, 0.3) is 0 Å². The molecule has 1 aliphatic rings. The van der Waals surface area contributed by atoms with Crippen LogP contribution in [0, 0.1) is 0 Å². The van der Waals surface area contributed by atoms with Crippen LogP contribution in [0.15, 0.2) is 18.2 Å². The number of hydrogen-bond donors (Lipinski definition) is 1. The van der Waals surface area contributed by atoms with Crippen LogP contribution in [0.4, 0.5) is 5.69 Å². The number of thioether (sulfide) groups is 1. The maximum atomic E-state index is 12.5. The fourth-order valence-corrected chi connectivity index (χ4v) is 3.04. The van der Waals surface area contributed by atoms with Crippen LogP contribution in [0.5, 0.6) is 5.75 Å². The van der Waals surface area contributed by atoms with Crippen molar-refractivity contribution < 1.29 is 9.53 Å². The highest BCUT2D eigenvalue weighted by Gasteiger charge is 2.25. The highest BCUT2D eigenvalue weighted by molar-refractivity contribution is 7.99. The van der Waals surface area contributed by atoms with Gasteiger partial charge < -0.3 is 15.4 Å². The zero-order valence-corrected chi connectivity index (χ0v) is 11.5. The van der Waals surface area contributed by atoms with E-state index in [2.05, 4.69) is 6.92 Å². The normalized spacial score (nSPS) is 19.7. The number of carbonyl (C=O) groups is 1. The topological polar surface area (TPSA) is 55.6 Å². The Morgan fingerprint density at radius 1 is 1.56 bits per heavy atom. The number of amides is 1. The minimum Gasteiger partial charge on any atom is -0.497 e. The number of benzene rings is 1. The molecule has 0 spiro atoms. The minimum absolute atomic E-state index is 0.000741. The molecule has 98 valence electrons. The summed E-state index contributed by atoms with van der Waals surface area (Å²) in [6.45, 7) is 2.85. The second-order valence-corrected chi connectivity index (χ2v) is 5.53. The molecule has 2 N–H and O–H groups in total. The molecule has 1 atom stereocenters. The van der Waals surface area contributed by atoms with Crippen molar-refractivity contribution in [3.63, 3.8) is 0 Å². The molecule has 1 aliphatic heterocycles. The molecule has 1 saturated heterocycles. The van der Waals surface area contributed by atoms with Gasteiger partial charge in [-0.3, -0.25) is 4.79 Å². The van der Waals surface area contributed by atoms with Crippen molar-refractivity contribution in [1.82, 2.24) is 4.90 Å². The molecule has 0 bridgehead atoms. The molecule has 0 aliphatic carbocycles. The van der Waals surface area contributed by atoms with Crippen LogP contribution in [-0.2, 0) is 0 Å². The molecule has 1 unspecified atom stereocenters. The second kappa shape index (κ2) is 5.52. The minimum atomic E-state index is -0.000741. The number of nitrogens with two attached hydrogens (primary N) is 1. The van der Waals surface area contributed by atoms with Crippen molar-refractivity contribution in [3.05, 3.63) is 23.8 Å². The summed E-state index contributed by atoms with van der Waals surface area (Å²) in [6.07, 6.45) is 0. The fraction of sp³-hybridized carbons (Fsp3) is 0.462. The molecule has 1 fully saturated rings. The second-order valence-electron chi connectivity index (χ2n) is 4.38. The molecule has 0 saturated carbocycles. The Morgan fingerprint density at radius 3 is 3.00 bits per heavy atom. The number of methoxy groups -OCH3 is 1. The summed E-state index contributed by atoms with van der Waals surface area (Å²) in [7, 11) is 1.58. The van der Waals surface area contributed by atoms with Crippen molar-refractivity contribution in [3.8, 4) is 5.75 Å². The van der Waals surface area contributed by atoms with Crippen LogP contribution in [0.2, 0.25) is 0 Å². The van der Waals surface area contributed by atoms with E-state index >= 15 is 0 Å². The van der Waals surface area contributed by atoms with E-state index in [1.165, 1.54) is 0 Å². The van der Waals surface area contributed by atoms with Gasteiger partial charge in [-0.15, -0.1) is 0 Å². The molecule has 1 aromatic rings. The SMILES string of the molecule is COc1ccc(N)c(C(=O)N2CCSCC2C)c1. The Morgan fingerprint density at radius 2 is 2.33 bits per heavy atom. The molecule has 0 aromatic heterocycles. The molecule has 2 rings (SSSR count). The van der Waals surface area contributed by atoms with E-state index in [1.54, 1.807) is 25.3 Å². The van der Waals surface area contributed by atoms with Crippen molar-refractivity contribution >= 4 is 23.4 Å². The highest BCUT2D eigenvalue weighted by atomic mass is 32.2. The number of nitrogen functional groups attached to an aromatic ring is 1. The highest BCUT2D eigenvalue weighted by Crippen LogP contribution is 2.24. The molecule has 1 aromatic carbocycles. The van der Waals surface area contributed by atoms with Crippen LogP contribution in [0.1, 0.15) is 17.3 Å². The predicted octanol–water partition coefficient (Wildman–Crippen LogP) is 1.85. The van der Waals surface area contributed by atoms with Crippen LogP contribution >= 0.6 is 11.8 Å². The summed E-state index contributed by atoms with van der Waals surface area (Å²) in [4.78, 5) is 14.4. The number of rotatable bonds is 2.